The van der Waals surface area contributed by atoms with Gasteiger partial charge in [0.05, 0.1) is 25.9 Å². The molecule has 1 heterocycles. The minimum atomic E-state index is -1.07. The minimum Gasteiger partial charge on any atom is -0.480 e. The Balaban J connectivity index is 2.55. The van der Waals surface area contributed by atoms with E-state index in [0.29, 0.717) is 5.76 Å². The smallest absolute Gasteiger partial charge is 0.317 e. The van der Waals surface area contributed by atoms with Crippen LogP contribution in [0.4, 0.5) is 0 Å². The van der Waals surface area contributed by atoms with Gasteiger partial charge in [0.2, 0.25) is 0 Å². The number of hydrogen-bond donors (Lipinski definition) is 2. The van der Waals surface area contributed by atoms with Crippen molar-refractivity contribution in [1.29, 1.82) is 0 Å². The van der Waals surface area contributed by atoms with Crippen molar-refractivity contribution in [2.75, 3.05) is 13.1 Å². The third-order valence-corrected chi connectivity index (χ3v) is 1.68. The minimum absolute atomic E-state index is 0.172. The average Bonchev–Trinajstić information content (AvgIpc) is 2.53. The van der Waals surface area contributed by atoms with Crippen LogP contribution in [0.15, 0.2) is 22.8 Å². The summed E-state index contributed by atoms with van der Waals surface area (Å²) < 4.78 is 5.00. The lowest BCUT2D eigenvalue weighted by Crippen LogP contribution is -2.33. The zero-order valence-corrected chi connectivity index (χ0v) is 7.92. The highest BCUT2D eigenvalue weighted by Gasteiger charge is 2.14. The van der Waals surface area contributed by atoms with E-state index in [1.807, 2.05) is 0 Å². The van der Waals surface area contributed by atoms with Gasteiger partial charge in [-0.1, -0.05) is 0 Å². The van der Waals surface area contributed by atoms with Gasteiger partial charge in [-0.25, -0.2) is 0 Å². The van der Waals surface area contributed by atoms with E-state index in [0.717, 1.165) is 0 Å². The van der Waals surface area contributed by atoms with Crippen molar-refractivity contribution in [3.05, 3.63) is 24.2 Å². The van der Waals surface area contributed by atoms with Gasteiger partial charge in [-0.2, -0.15) is 0 Å². The molecule has 0 aromatic carbocycles. The summed E-state index contributed by atoms with van der Waals surface area (Å²) in [5.41, 5.74) is 0. The molecule has 2 N–H and O–H groups in total. The third-order valence-electron chi connectivity index (χ3n) is 1.68. The summed E-state index contributed by atoms with van der Waals surface area (Å²) in [7, 11) is 0. The molecule has 0 saturated carbocycles. The summed E-state index contributed by atoms with van der Waals surface area (Å²) in [6.07, 6.45) is 1.45. The fraction of sp³-hybridized carbons (Fsp3) is 0.333. The van der Waals surface area contributed by atoms with Crippen LogP contribution in [0, 0.1) is 0 Å². The van der Waals surface area contributed by atoms with Crippen molar-refractivity contribution in [3.8, 4) is 0 Å². The molecule has 1 rings (SSSR count). The van der Waals surface area contributed by atoms with Crippen molar-refractivity contribution in [1.82, 2.24) is 4.90 Å². The lowest BCUT2D eigenvalue weighted by Gasteiger charge is -2.15. The van der Waals surface area contributed by atoms with Crippen molar-refractivity contribution in [2.45, 2.75) is 6.54 Å². The summed E-state index contributed by atoms with van der Waals surface area (Å²) >= 11 is 0. The quantitative estimate of drug-likeness (QED) is 0.703. The molecular formula is C9H11NO5. The molecule has 15 heavy (non-hydrogen) atoms. The van der Waals surface area contributed by atoms with Crippen LogP contribution in [0.25, 0.3) is 0 Å². The first kappa shape index (κ1) is 11.3. The number of carboxylic acid groups (broad SMARTS) is 2. The molecule has 0 aliphatic heterocycles. The number of rotatable bonds is 6. The summed E-state index contributed by atoms with van der Waals surface area (Å²) in [4.78, 5) is 22.2. The number of aliphatic carboxylic acids is 2. The summed E-state index contributed by atoms with van der Waals surface area (Å²) in [5, 5.41) is 17.1. The maximum atomic E-state index is 10.5. The predicted molar refractivity (Wildman–Crippen MR) is 49.3 cm³/mol. The van der Waals surface area contributed by atoms with Crippen LogP contribution < -0.4 is 0 Å². The Morgan fingerprint density at radius 1 is 1.27 bits per heavy atom. The summed E-state index contributed by atoms with van der Waals surface area (Å²) in [6.45, 7) is -0.481. The molecule has 82 valence electrons. The van der Waals surface area contributed by atoms with Crippen LogP contribution in [0.2, 0.25) is 0 Å². The monoisotopic (exact) mass is 213 g/mol. The second-order valence-electron chi connectivity index (χ2n) is 3.01. The van der Waals surface area contributed by atoms with Gasteiger partial charge in [0.15, 0.2) is 0 Å². The second-order valence-corrected chi connectivity index (χ2v) is 3.01. The van der Waals surface area contributed by atoms with Crippen LogP contribution in [0.5, 0.6) is 0 Å². The predicted octanol–water partition coefficient (Wildman–Crippen LogP) is 0.251. The normalized spacial score (nSPS) is 10.5. The molecule has 0 aliphatic carbocycles. The highest BCUT2D eigenvalue weighted by molar-refractivity contribution is 5.72. The molecule has 6 heteroatoms. The van der Waals surface area contributed by atoms with Crippen molar-refractivity contribution in [2.24, 2.45) is 0 Å². The molecule has 0 saturated heterocycles. The molecule has 6 nitrogen and oxygen atoms in total. The van der Waals surface area contributed by atoms with Crippen LogP contribution in [-0.4, -0.2) is 40.1 Å². The molecule has 0 aliphatic rings. The van der Waals surface area contributed by atoms with Gasteiger partial charge >= 0.3 is 11.9 Å². The van der Waals surface area contributed by atoms with Crippen LogP contribution >= 0.6 is 0 Å². The van der Waals surface area contributed by atoms with Gasteiger partial charge < -0.3 is 14.6 Å². The van der Waals surface area contributed by atoms with E-state index in [-0.39, 0.29) is 19.6 Å². The van der Waals surface area contributed by atoms with Gasteiger partial charge in [-0.3, -0.25) is 14.5 Å². The van der Waals surface area contributed by atoms with E-state index in [9.17, 15) is 9.59 Å². The molecule has 0 bridgehead atoms. The summed E-state index contributed by atoms with van der Waals surface area (Å²) in [5.74, 6) is -1.59. The Morgan fingerprint density at radius 3 is 2.27 bits per heavy atom. The molecule has 0 spiro atoms. The Hall–Kier alpha value is -1.82. The maximum absolute atomic E-state index is 10.5. The van der Waals surface area contributed by atoms with E-state index < -0.39 is 11.9 Å². The molecular weight excluding hydrogens is 202 g/mol. The molecule has 1 aromatic rings. The van der Waals surface area contributed by atoms with E-state index in [2.05, 4.69) is 0 Å². The Labute approximate surface area is 85.7 Å². The number of carbonyl (C=O) groups is 2. The molecule has 0 fully saturated rings. The summed E-state index contributed by atoms with van der Waals surface area (Å²) in [6, 6.07) is 3.33. The van der Waals surface area contributed by atoms with E-state index in [1.54, 1.807) is 12.1 Å². The first-order valence-corrected chi connectivity index (χ1v) is 4.26. The fourth-order valence-corrected chi connectivity index (χ4v) is 1.17. The molecule has 0 radical (unpaired) electrons. The SMILES string of the molecule is O=C(O)CN(CC(=O)O)Cc1ccco1. The van der Waals surface area contributed by atoms with Crippen molar-refractivity contribution < 1.29 is 24.2 Å². The Kier molecular flexibility index (Phi) is 3.87. The number of furan rings is 1. The zero-order chi connectivity index (χ0) is 11.3. The van der Waals surface area contributed by atoms with Crippen molar-refractivity contribution >= 4 is 11.9 Å². The number of carboxylic acids is 2. The fourth-order valence-electron chi connectivity index (χ4n) is 1.17. The van der Waals surface area contributed by atoms with E-state index in [1.165, 1.54) is 11.2 Å². The van der Waals surface area contributed by atoms with Gasteiger partial charge in [-0.15, -0.1) is 0 Å². The standard InChI is InChI=1S/C9H11NO5/c11-8(12)5-10(6-9(13)14)4-7-2-1-3-15-7/h1-3H,4-6H2,(H,11,12)(H,13,14). The third kappa shape index (κ3) is 4.28. The lowest BCUT2D eigenvalue weighted by molar-refractivity contribution is -0.142. The second kappa shape index (κ2) is 5.16. The maximum Gasteiger partial charge on any atom is 0.317 e. The first-order chi connectivity index (χ1) is 7.08. The first-order valence-electron chi connectivity index (χ1n) is 4.26. The van der Waals surface area contributed by atoms with Crippen LogP contribution in [0.3, 0.4) is 0 Å². The van der Waals surface area contributed by atoms with E-state index in [4.69, 9.17) is 14.6 Å². The highest BCUT2D eigenvalue weighted by atomic mass is 16.4. The lowest BCUT2D eigenvalue weighted by atomic mass is 10.4. The Bertz CT molecular complexity index is 316. The topological polar surface area (TPSA) is 91.0 Å². The zero-order valence-electron chi connectivity index (χ0n) is 7.92. The Morgan fingerprint density at radius 2 is 1.87 bits per heavy atom. The molecule has 0 amide bonds. The van der Waals surface area contributed by atoms with Gasteiger partial charge in [0, 0.05) is 0 Å². The number of nitrogens with zero attached hydrogens (tertiary/aromatic N) is 1. The largest absolute Gasteiger partial charge is 0.480 e. The average molecular weight is 213 g/mol. The highest BCUT2D eigenvalue weighted by Crippen LogP contribution is 2.04. The van der Waals surface area contributed by atoms with Crippen molar-refractivity contribution in [3.63, 3.8) is 0 Å². The van der Waals surface area contributed by atoms with Gasteiger partial charge in [0.25, 0.3) is 0 Å². The van der Waals surface area contributed by atoms with Crippen LogP contribution in [0.1, 0.15) is 5.76 Å². The van der Waals surface area contributed by atoms with Gasteiger partial charge in [0.1, 0.15) is 5.76 Å². The van der Waals surface area contributed by atoms with E-state index >= 15 is 0 Å². The van der Waals surface area contributed by atoms with Crippen LogP contribution in [-0.2, 0) is 16.1 Å². The molecule has 0 unspecified atom stereocenters. The van der Waals surface area contributed by atoms with Gasteiger partial charge in [-0.05, 0) is 12.1 Å². The molecule has 0 atom stereocenters. The number of hydrogen-bond acceptors (Lipinski definition) is 4. The molecule has 1 aromatic heterocycles.